The Labute approximate surface area is 164 Å². The topological polar surface area (TPSA) is 103 Å². The number of hydrogen-bond donors (Lipinski definition) is 2. The maximum Gasteiger partial charge on any atom is 0.254 e. The Bertz CT molecular complexity index is 778. The Morgan fingerprint density at radius 2 is 2.11 bits per heavy atom. The molecule has 152 valence electrons. The van der Waals surface area contributed by atoms with Crippen LogP contribution in [0.15, 0.2) is 18.3 Å². The minimum atomic E-state index is -0.142. The molecule has 0 spiro atoms. The molecule has 0 saturated carbocycles. The van der Waals surface area contributed by atoms with Crippen LogP contribution in [0, 0.1) is 12.3 Å². The van der Waals surface area contributed by atoms with Crippen molar-refractivity contribution in [2.24, 2.45) is 5.41 Å². The molecule has 9 nitrogen and oxygen atoms in total. The second-order valence-electron chi connectivity index (χ2n) is 7.08. The standard InChI is InChI=1S/C19H28N6O3/c1-4-28-17-6-5-16(23-24-17)25-14(2)15(11-22-25)18(26)21-12-19(13-27-3)7-9-20-10-8-19/h5-6,11,20H,4,7-10,12-13H2,1-3H3,(H,21,26). The molecule has 2 aromatic rings. The normalized spacial score (nSPS) is 16.0. The fourth-order valence-corrected chi connectivity index (χ4v) is 3.51. The van der Waals surface area contributed by atoms with Gasteiger partial charge in [-0.1, -0.05) is 0 Å². The first-order valence-corrected chi connectivity index (χ1v) is 9.58. The van der Waals surface area contributed by atoms with E-state index in [9.17, 15) is 4.79 Å². The van der Waals surface area contributed by atoms with Crippen LogP contribution in [-0.2, 0) is 4.74 Å². The number of hydrogen-bond acceptors (Lipinski definition) is 7. The van der Waals surface area contributed by atoms with Crippen molar-refractivity contribution < 1.29 is 14.3 Å². The zero-order valence-corrected chi connectivity index (χ0v) is 16.7. The minimum absolute atomic E-state index is 0.0276. The van der Waals surface area contributed by atoms with Crippen molar-refractivity contribution >= 4 is 5.91 Å². The number of ether oxygens (including phenoxy) is 2. The predicted molar refractivity (Wildman–Crippen MR) is 104 cm³/mol. The fourth-order valence-electron chi connectivity index (χ4n) is 3.51. The van der Waals surface area contributed by atoms with Crippen LogP contribution in [0.3, 0.4) is 0 Å². The third kappa shape index (κ3) is 4.48. The fraction of sp³-hybridized carbons (Fsp3) is 0.579. The maximum atomic E-state index is 12.8. The van der Waals surface area contributed by atoms with Gasteiger partial charge in [-0.25, -0.2) is 4.68 Å². The number of nitrogens with one attached hydrogen (secondary N) is 2. The molecule has 2 N–H and O–H groups in total. The van der Waals surface area contributed by atoms with E-state index in [0.717, 1.165) is 25.9 Å². The molecule has 0 aliphatic carbocycles. The summed E-state index contributed by atoms with van der Waals surface area (Å²) in [7, 11) is 1.71. The highest BCUT2D eigenvalue weighted by molar-refractivity contribution is 5.95. The Morgan fingerprint density at radius 1 is 1.32 bits per heavy atom. The van der Waals surface area contributed by atoms with Crippen molar-refractivity contribution in [2.75, 3.05) is 40.0 Å². The minimum Gasteiger partial charge on any atom is -0.477 e. The molecule has 0 atom stereocenters. The van der Waals surface area contributed by atoms with Gasteiger partial charge in [0.05, 0.1) is 30.7 Å². The molecule has 3 rings (SSSR count). The van der Waals surface area contributed by atoms with Crippen molar-refractivity contribution in [3.05, 3.63) is 29.6 Å². The van der Waals surface area contributed by atoms with Crippen molar-refractivity contribution in [3.8, 4) is 11.7 Å². The summed E-state index contributed by atoms with van der Waals surface area (Å²) in [6, 6.07) is 3.50. The number of methoxy groups -OCH3 is 1. The van der Waals surface area contributed by atoms with Crippen molar-refractivity contribution in [1.82, 2.24) is 30.6 Å². The van der Waals surface area contributed by atoms with E-state index in [4.69, 9.17) is 9.47 Å². The van der Waals surface area contributed by atoms with Crippen LogP contribution < -0.4 is 15.4 Å². The molecular formula is C19H28N6O3. The monoisotopic (exact) mass is 388 g/mol. The number of rotatable bonds is 8. The molecule has 3 heterocycles. The van der Waals surface area contributed by atoms with E-state index in [0.29, 0.717) is 42.7 Å². The second-order valence-corrected chi connectivity index (χ2v) is 7.08. The molecule has 9 heteroatoms. The van der Waals surface area contributed by atoms with Gasteiger partial charge in [-0.2, -0.15) is 5.10 Å². The average Bonchev–Trinajstić information content (AvgIpc) is 3.09. The first-order chi connectivity index (χ1) is 13.6. The quantitative estimate of drug-likeness (QED) is 0.698. The summed E-state index contributed by atoms with van der Waals surface area (Å²) < 4.78 is 12.3. The number of piperidine rings is 1. The van der Waals surface area contributed by atoms with Gasteiger partial charge in [0.2, 0.25) is 5.88 Å². The number of nitrogens with zero attached hydrogens (tertiary/aromatic N) is 4. The van der Waals surface area contributed by atoms with Crippen LogP contribution in [0.5, 0.6) is 5.88 Å². The Morgan fingerprint density at radius 3 is 2.75 bits per heavy atom. The summed E-state index contributed by atoms with van der Waals surface area (Å²) in [4.78, 5) is 12.8. The van der Waals surface area contributed by atoms with Gasteiger partial charge in [-0.15, -0.1) is 10.2 Å². The number of amides is 1. The SMILES string of the molecule is CCOc1ccc(-n2ncc(C(=O)NCC3(COC)CCNCC3)c2C)nn1. The van der Waals surface area contributed by atoms with Crippen LogP contribution in [0.25, 0.3) is 5.82 Å². The summed E-state index contributed by atoms with van der Waals surface area (Å²) in [6.45, 7) is 7.34. The first kappa shape index (κ1) is 20.2. The second kappa shape index (κ2) is 9.11. The number of carbonyl (C=O) groups excluding carboxylic acids is 1. The summed E-state index contributed by atoms with van der Waals surface area (Å²) in [5, 5.41) is 18.9. The van der Waals surface area contributed by atoms with Gasteiger partial charge in [0.15, 0.2) is 5.82 Å². The number of aromatic nitrogens is 4. The zero-order valence-electron chi connectivity index (χ0n) is 16.7. The highest BCUT2D eigenvalue weighted by Crippen LogP contribution is 2.28. The molecule has 1 amide bonds. The van der Waals surface area contributed by atoms with E-state index < -0.39 is 0 Å². The highest BCUT2D eigenvalue weighted by Gasteiger charge is 2.33. The van der Waals surface area contributed by atoms with Crippen molar-refractivity contribution in [2.45, 2.75) is 26.7 Å². The van der Waals surface area contributed by atoms with Gasteiger partial charge < -0.3 is 20.1 Å². The number of carbonyl (C=O) groups is 1. The molecular weight excluding hydrogens is 360 g/mol. The van der Waals surface area contributed by atoms with E-state index in [1.54, 1.807) is 30.1 Å². The molecule has 0 unspecified atom stereocenters. The van der Waals surface area contributed by atoms with Gasteiger partial charge in [0.25, 0.3) is 5.91 Å². The van der Waals surface area contributed by atoms with Gasteiger partial charge in [0, 0.05) is 25.1 Å². The third-order valence-corrected chi connectivity index (χ3v) is 5.13. The van der Waals surface area contributed by atoms with Crippen LogP contribution in [0.1, 0.15) is 35.8 Å². The lowest BCUT2D eigenvalue weighted by Gasteiger charge is -2.37. The maximum absolute atomic E-state index is 12.8. The van der Waals surface area contributed by atoms with E-state index in [1.165, 1.54) is 0 Å². The van der Waals surface area contributed by atoms with Crippen molar-refractivity contribution in [1.29, 1.82) is 0 Å². The molecule has 0 radical (unpaired) electrons. The van der Waals surface area contributed by atoms with Crippen LogP contribution in [0.4, 0.5) is 0 Å². The van der Waals surface area contributed by atoms with Gasteiger partial charge >= 0.3 is 0 Å². The molecule has 1 fully saturated rings. The van der Waals surface area contributed by atoms with E-state index >= 15 is 0 Å². The predicted octanol–water partition coefficient (Wildman–Crippen LogP) is 1.12. The lowest BCUT2D eigenvalue weighted by atomic mass is 9.79. The molecule has 1 saturated heterocycles. The first-order valence-electron chi connectivity index (χ1n) is 9.58. The molecule has 1 aliphatic rings. The van der Waals surface area contributed by atoms with Crippen LogP contribution in [0.2, 0.25) is 0 Å². The van der Waals surface area contributed by atoms with Gasteiger partial charge in [-0.3, -0.25) is 4.79 Å². The van der Waals surface area contributed by atoms with E-state index in [1.807, 2.05) is 13.8 Å². The Balaban J connectivity index is 1.69. The summed E-state index contributed by atoms with van der Waals surface area (Å²) >= 11 is 0. The summed E-state index contributed by atoms with van der Waals surface area (Å²) in [6.07, 6.45) is 3.51. The van der Waals surface area contributed by atoms with Crippen molar-refractivity contribution in [3.63, 3.8) is 0 Å². The molecule has 0 aromatic carbocycles. The van der Waals surface area contributed by atoms with Gasteiger partial charge in [-0.05, 0) is 45.8 Å². The highest BCUT2D eigenvalue weighted by atomic mass is 16.5. The average molecular weight is 388 g/mol. The molecule has 1 aliphatic heterocycles. The van der Waals surface area contributed by atoms with Crippen LogP contribution >= 0.6 is 0 Å². The van der Waals surface area contributed by atoms with E-state index in [2.05, 4.69) is 25.9 Å². The lowest BCUT2D eigenvalue weighted by molar-refractivity contribution is 0.0511. The lowest BCUT2D eigenvalue weighted by Crippen LogP contribution is -2.47. The van der Waals surface area contributed by atoms with E-state index in [-0.39, 0.29) is 11.3 Å². The third-order valence-electron chi connectivity index (χ3n) is 5.13. The van der Waals surface area contributed by atoms with Gasteiger partial charge in [0.1, 0.15) is 0 Å². The summed E-state index contributed by atoms with van der Waals surface area (Å²) in [5.41, 5.74) is 1.21. The summed E-state index contributed by atoms with van der Waals surface area (Å²) in [5.74, 6) is 0.852. The smallest absolute Gasteiger partial charge is 0.254 e. The Hall–Kier alpha value is -2.52. The zero-order chi connectivity index (χ0) is 20.0. The van der Waals surface area contributed by atoms with Crippen LogP contribution in [-0.4, -0.2) is 65.8 Å². The Kier molecular flexibility index (Phi) is 6.58. The molecule has 2 aromatic heterocycles. The molecule has 28 heavy (non-hydrogen) atoms. The largest absolute Gasteiger partial charge is 0.477 e. The molecule has 0 bridgehead atoms.